The van der Waals surface area contributed by atoms with Crippen LogP contribution in [-0.4, -0.2) is 0 Å². The van der Waals surface area contributed by atoms with Crippen LogP contribution in [0.15, 0.2) is 79.1 Å². The van der Waals surface area contributed by atoms with Gasteiger partial charge in [-0.15, -0.1) is 0 Å². The molecule has 2 aliphatic carbocycles. The summed E-state index contributed by atoms with van der Waals surface area (Å²) in [6.07, 6.45) is 1.18. The van der Waals surface area contributed by atoms with Gasteiger partial charge in [-0.2, -0.15) is 0 Å². The Kier molecular flexibility index (Phi) is 3.43. The van der Waals surface area contributed by atoms with E-state index < -0.39 is 23.2 Å². The number of benzene rings is 3. The van der Waals surface area contributed by atoms with Crippen LogP contribution in [0, 0.1) is 0 Å². The Morgan fingerprint density at radius 3 is 2.79 bits per heavy atom. The van der Waals surface area contributed by atoms with E-state index in [9.17, 15) is 0 Å². The average Bonchev–Trinajstić information content (AvgIpc) is 3.30. The average molecular weight is 521 g/mol. The fraction of sp³-hybridized carbons (Fsp3) is 0.0833. The first-order valence-electron chi connectivity index (χ1n) is 9.39. The van der Waals surface area contributed by atoms with E-state index in [1.54, 1.807) is 8.83 Å². The Balaban J connectivity index is 1.32. The number of fused-ring (bicyclic) bond motifs is 5. The van der Waals surface area contributed by atoms with Gasteiger partial charge in [0.2, 0.25) is 0 Å². The van der Waals surface area contributed by atoms with Gasteiger partial charge in [-0.1, -0.05) is 0 Å². The Labute approximate surface area is 187 Å². The molecular weight excluding hydrogens is 507 g/mol. The molecule has 0 amide bonds. The molecule has 0 saturated carbocycles. The van der Waals surface area contributed by atoms with Gasteiger partial charge in [0.1, 0.15) is 0 Å². The van der Waals surface area contributed by atoms with Gasteiger partial charge < -0.3 is 0 Å². The molecule has 0 bridgehead atoms. The number of hydrogen-bond donors (Lipinski definition) is 0. The van der Waals surface area contributed by atoms with Gasteiger partial charge in [-0.05, 0) is 0 Å². The van der Waals surface area contributed by atoms with Crippen LogP contribution < -0.4 is 3.27 Å². The number of rotatable bonds is 2. The van der Waals surface area contributed by atoms with E-state index >= 15 is 0 Å². The molecule has 2 aliphatic heterocycles. The molecule has 0 radical (unpaired) electrons. The second-order valence-electron chi connectivity index (χ2n) is 7.50. The minimum absolute atomic E-state index is 0.110. The van der Waals surface area contributed by atoms with Crippen LogP contribution in [0.5, 0.6) is 0 Å². The van der Waals surface area contributed by atoms with Gasteiger partial charge in [0.25, 0.3) is 0 Å². The molecule has 132 valence electrons. The third kappa shape index (κ3) is 2.07. The summed E-state index contributed by atoms with van der Waals surface area (Å²) in [5, 5.41) is 0. The van der Waals surface area contributed by atoms with Gasteiger partial charge in [0.05, 0.1) is 0 Å². The fourth-order valence-electron chi connectivity index (χ4n) is 4.83. The van der Waals surface area contributed by atoms with E-state index in [0.717, 1.165) is 11.1 Å². The van der Waals surface area contributed by atoms with Gasteiger partial charge in [0, 0.05) is 0 Å². The monoisotopic (exact) mass is 518 g/mol. The van der Waals surface area contributed by atoms with Crippen LogP contribution in [0.1, 0.15) is 28.4 Å². The molecule has 0 saturated heterocycles. The predicted octanol–water partition coefficient (Wildman–Crippen LogP) is 6.13. The fourth-order valence-corrected chi connectivity index (χ4v) is 10.6. The molecule has 4 aliphatic rings. The number of hydrogen-bond acceptors (Lipinski definition) is 2. The van der Waals surface area contributed by atoms with Crippen molar-refractivity contribution in [2.45, 2.75) is 17.4 Å². The standard InChI is InChI=1S/C13H9.C11H4BrOS.Zr/c1-3-7-12-10(5-1)9-11-6-2-4-8-13(11)12;12-8-4-6-10(13-8)5-2-1-3-7-9(5)11(6)14-7;/h1-5,7-8H,9H2;1-3,10H;/t;10-;/m.1./s1. The van der Waals surface area contributed by atoms with E-state index in [0.29, 0.717) is 0 Å². The molecular formula is C24H13BrOSZr. The minimum atomic E-state index is -1.00. The maximum atomic E-state index is 6.35. The van der Waals surface area contributed by atoms with Crippen LogP contribution in [-0.2, 0) is 34.4 Å². The summed E-state index contributed by atoms with van der Waals surface area (Å²) in [6.45, 7) is 0. The molecule has 7 rings (SSSR count). The van der Waals surface area contributed by atoms with Crippen molar-refractivity contribution in [3.05, 3.63) is 96.4 Å². The zero-order valence-corrected chi connectivity index (χ0v) is 19.6. The summed E-state index contributed by atoms with van der Waals surface area (Å²) in [5.41, 5.74) is 10.1. The van der Waals surface area contributed by atoms with Crippen molar-refractivity contribution in [2.24, 2.45) is 0 Å². The number of ether oxygens (including phenoxy) is 1. The normalized spacial score (nSPS) is 19.7. The van der Waals surface area contributed by atoms with E-state index in [4.69, 9.17) is 4.74 Å². The second-order valence-corrected chi connectivity index (χ2v) is 12.4. The van der Waals surface area contributed by atoms with Crippen molar-refractivity contribution < 1.29 is 28.0 Å². The van der Waals surface area contributed by atoms with Crippen LogP contribution in [0.4, 0.5) is 0 Å². The van der Waals surface area contributed by atoms with Crippen molar-refractivity contribution >= 4 is 35.9 Å². The molecule has 1 atom stereocenters. The Morgan fingerprint density at radius 1 is 0.964 bits per heavy atom. The van der Waals surface area contributed by atoms with Crippen LogP contribution in [0.3, 0.4) is 0 Å². The molecule has 4 heteroatoms. The molecule has 0 unspecified atom stereocenters. The Bertz CT molecular complexity index is 1290. The molecule has 28 heavy (non-hydrogen) atoms. The summed E-state index contributed by atoms with van der Waals surface area (Å²) in [6, 6.07) is 22.4. The first kappa shape index (κ1) is 16.5. The molecule has 0 fully saturated rings. The molecule has 0 N–H and O–H groups in total. The van der Waals surface area contributed by atoms with Gasteiger partial charge in [-0.3, -0.25) is 0 Å². The molecule has 0 spiro atoms. The predicted molar refractivity (Wildman–Crippen MR) is 113 cm³/mol. The van der Waals surface area contributed by atoms with E-state index in [1.807, 2.05) is 11.8 Å². The molecule has 1 nitrogen and oxygen atoms in total. The summed E-state index contributed by atoms with van der Waals surface area (Å²) >= 11 is 4.71. The zero-order chi connectivity index (χ0) is 18.4. The third-order valence-corrected chi connectivity index (χ3v) is 12.4. The maximum absolute atomic E-state index is 6.35. The zero-order valence-electron chi connectivity index (χ0n) is 14.8. The molecule has 0 aromatic heterocycles. The van der Waals surface area contributed by atoms with Crippen molar-refractivity contribution in [2.75, 3.05) is 0 Å². The summed E-state index contributed by atoms with van der Waals surface area (Å²) in [5.74, 6) is 0. The summed E-state index contributed by atoms with van der Waals surface area (Å²) in [7, 11) is 0. The first-order valence-corrected chi connectivity index (χ1v) is 13.5. The van der Waals surface area contributed by atoms with Crippen LogP contribution in [0.25, 0.3) is 16.0 Å². The molecule has 3 aromatic rings. The van der Waals surface area contributed by atoms with Gasteiger partial charge in [0.15, 0.2) is 0 Å². The van der Waals surface area contributed by atoms with Gasteiger partial charge >= 0.3 is 189 Å². The summed E-state index contributed by atoms with van der Waals surface area (Å²) < 4.78 is 10.4. The van der Waals surface area contributed by atoms with Crippen molar-refractivity contribution in [1.29, 1.82) is 0 Å². The Hall–Kier alpha value is -1.35. The Morgan fingerprint density at radius 2 is 1.82 bits per heavy atom. The number of thioether (sulfide) groups is 1. The van der Waals surface area contributed by atoms with E-state index in [1.165, 1.54) is 46.5 Å². The van der Waals surface area contributed by atoms with Gasteiger partial charge in [-0.25, -0.2) is 0 Å². The van der Waals surface area contributed by atoms with Crippen molar-refractivity contribution in [1.82, 2.24) is 0 Å². The van der Waals surface area contributed by atoms with Crippen molar-refractivity contribution in [3.63, 3.8) is 0 Å². The quantitative estimate of drug-likeness (QED) is 0.315. The molecule has 2 heterocycles. The number of halogens is 1. The SMILES string of the molecule is BrC1=[C]([Zr][c]2cccc3c2Cc2ccccc2-3)C2=C3Sc4cccc(c43)[C@H]2O1. The van der Waals surface area contributed by atoms with E-state index in [2.05, 4.69) is 76.6 Å². The van der Waals surface area contributed by atoms with Crippen molar-refractivity contribution in [3.8, 4) is 11.1 Å². The first-order chi connectivity index (χ1) is 13.8. The van der Waals surface area contributed by atoms with Crippen LogP contribution in [0.2, 0.25) is 0 Å². The van der Waals surface area contributed by atoms with E-state index in [-0.39, 0.29) is 6.10 Å². The second kappa shape index (κ2) is 5.84. The third-order valence-electron chi connectivity index (χ3n) is 6.08. The van der Waals surface area contributed by atoms with Crippen LogP contribution >= 0.6 is 27.7 Å². The summed E-state index contributed by atoms with van der Waals surface area (Å²) in [4.78, 5) is 2.88. The molecule has 3 aromatic carbocycles. The topological polar surface area (TPSA) is 9.23 Å².